The first-order valence-corrected chi connectivity index (χ1v) is 11.5. The highest BCUT2D eigenvalue weighted by molar-refractivity contribution is 5.77. The van der Waals surface area contributed by atoms with Gasteiger partial charge in [0.25, 0.3) is 0 Å². The SMILES string of the molecule is CN(C)CCNC(=O)C[C@@H]1CC2(CCN(C(=O)N3CCCC3)CC2)c2ccccc21. The molecule has 6 heteroatoms. The molecule has 1 aromatic rings. The van der Waals surface area contributed by atoms with Gasteiger partial charge in [-0.2, -0.15) is 0 Å². The zero-order chi connectivity index (χ0) is 21.1. The zero-order valence-electron chi connectivity index (χ0n) is 18.5. The van der Waals surface area contributed by atoms with Gasteiger partial charge in [-0.15, -0.1) is 0 Å². The van der Waals surface area contributed by atoms with Gasteiger partial charge in [0.15, 0.2) is 0 Å². The number of carbonyl (C=O) groups is 2. The highest BCUT2D eigenvalue weighted by Crippen LogP contribution is 2.52. The lowest BCUT2D eigenvalue weighted by Gasteiger charge is -2.41. The quantitative estimate of drug-likeness (QED) is 0.809. The summed E-state index contributed by atoms with van der Waals surface area (Å²) in [6.07, 6.45) is 5.86. The van der Waals surface area contributed by atoms with Gasteiger partial charge in [-0.1, -0.05) is 24.3 Å². The summed E-state index contributed by atoms with van der Waals surface area (Å²) in [4.78, 5) is 31.5. The van der Waals surface area contributed by atoms with E-state index < -0.39 is 0 Å². The Kier molecular flexibility index (Phi) is 6.32. The number of fused-ring (bicyclic) bond motifs is 2. The maximum absolute atomic E-state index is 12.8. The van der Waals surface area contributed by atoms with E-state index in [2.05, 4.69) is 39.4 Å². The van der Waals surface area contributed by atoms with E-state index in [9.17, 15) is 9.59 Å². The van der Waals surface area contributed by atoms with E-state index in [0.29, 0.717) is 13.0 Å². The Morgan fingerprint density at radius 1 is 1.07 bits per heavy atom. The molecule has 0 unspecified atom stereocenters. The third kappa shape index (κ3) is 4.34. The van der Waals surface area contributed by atoms with E-state index in [-0.39, 0.29) is 23.3 Å². The van der Waals surface area contributed by atoms with Crippen LogP contribution in [0.15, 0.2) is 24.3 Å². The number of carbonyl (C=O) groups excluding carboxylic acids is 2. The predicted molar refractivity (Wildman–Crippen MR) is 119 cm³/mol. The molecule has 0 bridgehead atoms. The molecule has 0 saturated carbocycles. The van der Waals surface area contributed by atoms with Gasteiger partial charge in [0.2, 0.25) is 5.91 Å². The van der Waals surface area contributed by atoms with Gasteiger partial charge in [-0.05, 0) is 68.7 Å². The molecule has 2 heterocycles. The highest BCUT2D eigenvalue weighted by Gasteiger charge is 2.46. The van der Waals surface area contributed by atoms with Crippen molar-refractivity contribution >= 4 is 11.9 Å². The van der Waals surface area contributed by atoms with Crippen LogP contribution in [0.5, 0.6) is 0 Å². The molecule has 0 aromatic heterocycles. The second kappa shape index (κ2) is 8.96. The fourth-order valence-electron chi connectivity index (χ4n) is 5.63. The number of hydrogen-bond acceptors (Lipinski definition) is 3. The van der Waals surface area contributed by atoms with E-state index >= 15 is 0 Å². The molecule has 2 fully saturated rings. The Labute approximate surface area is 180 Å². The van der Waals surface area contributed by atoms with Crippen LogP contribution in [-0.2, 0) is 10.2 Å². The van der Waals surface area contributed by atoms with Crippen LogP contribution in [0.2, 0.25) is 0 Å². The summed E-state index contributed by atoms with van der Waals surface area (Å²) in [7, 11) is 4.04. The summed E-state index contributed by atoms with van der Waals surface area (Å²) in [5.74, 6) is 0.428. The molecule has 1 atom stereocenters. The summed E-state index contributed by atoms with van der Waals surface area (Å²) in [6, 6.07) is 8.93. The van der Waals surface area contributed by atoms with Gasteiger partial charge >= 0.3 is 6.03 Å². The Hall–Kier alpha value is -2.08. The second-order valence-electron chi connectivity index (χ2n) is 9.59. The predicted octanol–water partition coefficient (Wildman–Crippen LogP) is 2.79. The van der Waals surface area contributed by atoms with Crippen molar-refractivity contribution in [3.05, 3.63) is 35.4 Å². The first-order valence-electron chi connectivity index (χ1n) is 11.5. The number of rotatable bonds is 5. The van der Waals surface area contributed by atoms with Crippen LogP contribution in [0.3, 0.4) is 0 Å². The van der Waals surface area contributed by atoms with Gasteiger partial charge in [0, 0.05) is 45.7 Å². The number of amides is 3. The lowest BCUT2D eigenvalue weighted by Crippen LogP contribution is -2.49. The molecule has 1 aromatic carbocycles. The lowest BCUT2D eigenvalue weighted by molar-refractivity contribution is -0.121. The van der Waals surface area contributed by atoms with Crippen molar-refractivity contribution in [3.8, 4) is 0 Å². The van der Waals surface area contributed by atoms with Gasteiger partial charge in [-0.25, -0.2) is 4.79 Å². The van der Waals surface area contributed by atoms with Crippen molar-refractivity contribution in [2.24, 2.45) is 0 Å². The first kappa shape index (κ1) is 21.2. The van der Waals surface area contributed by atoms with Crippen molar-refractivity contribution in [1.82, 2.24) is 20.0 Å². The van der Waals surface area contributed by atoms with Crippen LogP contribution >= 0.6 is 0 Å². The van der Waals surface area contributed by atoms with Crippen LogP contribution in [0.4, 0.5) is 4.79 Å². The topological polar surface area (TPSA) is 55.9 Å². The van der Waals surface area contributed by atoms with Gasteiger partial charge in [-0.3, -0.25) is 4.79 Å². The molecular formula is C24H36N4O2. The number of likely N-dealkylation sites (tertiary alicyclic amines) is 2. The number of benzene rings is 1. The molecular weight excluding hydrogens is 376 g/mol. The molecule has 2 aliphatic heterocycles. The maximum Gasteiger partial charge on any atom is 0.319 e. The largest absolute Gasteiger partial charge is 0.355 e. The fourth-order valence-corrected chi connectivity index (χ4v) is 5.63. The Morgan fingerprint density at radius 2 is 1.73 bits per heavy atom. The van der Waals surface area contributed by atoms with Crippen LogP contribution in [-0.4, -0.2) is 80.0 Å². The summed E-state index contributed by atoms with van der Waals surface area (Å²) in [6.45, 7) is 5.02. The normalized spacial score (nSPS) is 22.6. The van der Waals surface area contributed by atoms with Crippen molar-refractivity contribution in [2.75, 3.05) is 53.4 Å². The highest BCUT2D eigenvalue weighted by atomic mass is 16.2. The van der Waals surface area contributed by atoms with E-state index in [0.717, 1.165) is 64.8 Å². The summed E-state index contributed by atoms with van der Waals surface area (Å²) in [5.41, 5.74) is 2.89. The molecule has 4 rings (SSSR count). The molecule has 6 nitrogen and oxygen atoms in total. The maximum atomic E-state index is 12.8. The van der Waals surface area contributed by atoms with Crippen molar-refractivity contribution in [3.63, 3.8) is 0 Å². The summed E-state index contributed by atoms with van der Waals surface area (Å²) >= 11 is 0. The van der Waals surface area contributed by atoms with Crippen LogP contribution in [0, 0.1) is 0 Å². The minimum Gasteiger partial charge on any atom is -0.355 e. The number of piperidine rings is 1. The summed E-state index contributed by atoms with van der Waals surface area (Å²) in [5, 5.41) is 3.08. The molecule has 3 amide bonds. The summed E-state index contributed by atoms with van der Waals surface area (Å²) < 4.78 is 0. The molecule has 2 saturated heterocycles. The molecule has 30 heavy (non-hydrogen) atoms. The number of urea groups is 1. The fraction of sp³-hybridized carbons (Fsp3) is 0.667. The first-order chi connectivity index (χ1) is 14.5. The molecule has 0 radical (unpaired) electrons. The van der Waals surface area contributed by atoms with Crippen molar-refractivity contribution in [1.29, 1.82) is 0 Å². The van der Waals surface area contributed by atoms with E-state index in [1.54, 1.807) is 0 Å². The van der Waals surface area contributed by atoms with Gasteiger partial charge < -0.3 is 20.0 Å². The smallest absolute Gasteiger partial charge is 0.319 e. The Balaban J connectivity index is 1.40. The van der Waals surface area contributed by atoms with Crippen LogP contribution < -0.4 is 5.32 Å². The van der Waals surface area contributed by atoms with Gasteiger partial charge in [0.05, 0.1) is 0 Å². The molecule has 1 aliphatic carbocycles. The van der Waals surface area contributed by atoms with Crippen molar-refractivity contribution < 1.29 is 9.59 Å². The average Bonchev–Trinajstić information content (AvgIpc) is 3.36. The second-order valence-corrected chi connectivity index (χ2v) is 9.59. The minimum atomic E-state index is 0.118. The van der Waals surface area contributed by atoms with E-state index in [4.69, 9.17) is 0 Å². The third-order valence-electron chi connectivity index (χ3n) is 7.29. The van der Waals surface area contributed by atoms with Gasteiger partial charge in [0.1, 0.15) is 0 Å². The van der Waals surface area contributed by atoms with Crippen molar-refractivity contribution in [2.45, 2.75) is 49.9 Å². The molecule has 3 aliphatic rings. The molecule has 1 N–H and O–H groups in total. The molecule has 1 spiro atoms. The van der Waals surface area contributed by atoms with E-state index in [1.807, 2.05) is 19.0 Å². The van der Waals surface area contributed by atoms with E-state index in [1.165, 1.54) is 11.1 Å². The number of likely N-dealkylation sites (N-methyl/N-ethyl adjacent to an activating group) is 1. The number of nitrogens with one attached hydrogen (secondary N) is 1. The minimum absolute atomic E-state index is 0.118. The number of nitrogens with zero attached hydrogens (tertiary/aromatic N) is 3. The number of hydrogen-bond donors (Lipinski definition) is 1. The Morgan fingerprint density at radius 3 is 2.43 bits per heavy atom. The monoisotopic (exact) mass is 412 g/mol. The zero-order valence-corrected chi connectivity index (χ0v) is 18.5. The molecule has 164 valence electrons. The van der Waals surface area contributed by atoms with Crippen LogP contribution in [0.1, 0.15) is 55.6 Å². The average molecular weight is 413 g/mol. The third-order valence-corrected chi connectivity index (χ3v) is 7.29. The Bertz CT molecular complexity index is 764. The lowest BCUT2D eigenvalue weighted by atomic mass is 9.73. The standard InChI is InChI=1S/C24H36N4O2/c1-26(2)16-11-25-22(29)17-19-18-24(21-8-4-3-7-20(19)21)9-14-28(15-10-24)23(30)27-12-5-6-13-27/h3-4,7-8,19H,5-6,9-18H2,1-2H3,(H,25,29)/t19-/m1/s1. The van der Waals surface area contributed by atoms with Crippen LogP contribution in [0.25, 0.3) is 0 Å².